The lowest BCUT2D eigenvalue weighted by Crippen LogP contribution is -2.16. The first-order valence-corrected chi connectivity index (χ1v) is 9.17. The molecule has 1 aromatic carbocycles. The number of pyridine rings is 1. The number of carbonyl (C=O) groups is 1. The maximum Gasteiger partial charge on any atom is 0.225 e. The highest BCUT2D eigenvalue weighted by Gasteiger charge is 2.20. The van der Waals surface area contributed by atoms with Gasteiger partial charge >= 0.3 is 0 Å². The highest BCUT2D eigenvalue weighted by molar-refractivity contribution is 5.94. The maximum atomic E-state index is 12.6. The van der Waals surface area contributed by atoms with Gasteiger partial charge in [0.1, 0.15) is 17.2 Å². The Kier molecular flexibility index (Phi) is 4.71. The van der Waals surface area contributed by atoms with Crippen LogP contribution in [-0.2, 0) is 9.53 Å². The second-order valence-corrected chi connectivity index (χ2v) is 6.78. The molecule has 3 heterocycles. The summed E-state index contributed by atoms with van der Waals surface area (Å²) in [6, 6.07) is 14.0. The van der Waals surface area contributed by atoms with E-state index in [1.807, 2.05) is 60.0 Å². The molecular formula is C21H23N3O2. The van der Waals surface area contributed by atoms with Crippen molar-refractivity contribution < 1.29 is 9.53 Å². The van der Waals surface area contributed by atoms with Crippen LogP contribution in [0.1, 0.15) is 31.2 Å². The first-order chi connectivity index (χ1) is 12.7. The lowest BCUT2D eigenvalue weighted by molar-refractivity contribution is -0.116. The standard InChI is InChI=1S/C21H23N3O2/c1-15-7-5-13-24-20(15)23-19(16-8-3-2-4-9-16)21(24)22-18(25)12-11-17-10-6-14-26-17/h2-5,7-9,13,17H,6,10-12,14H2,1H3,(H,22,25)/t17-/m1/s1. The molecule has 0 radical (unpaired) electrons. The van der Waals surface area contributed by atoms with E-state index in [-0.39, 0.29) is 12.0 Å². The summed E-state index contributed by atoms with van der Waals surface area (Å²) in [5, 5.41) is 3.09. The largest absolute Gasteiger partial charge is 0.378 e. The molecule has 5 nitrogen and oxygen atoms in total. The zero-order valence-electron chi connectivity index (χ0n) is 14.9. The molecule has 1 atom stereocenters. The Hall–Kier alpha value is -2.66. The van der Waals surface area contributed by atoms with Crippen molar-refractivity contribution in [3.05, 3.63) is 54.2 Å². The summed E-state index contributed by atoms with van der Waals surface area (Å²) in [5.74, 6) is 0.730. The van der Waals surface area contributed by atoms with Crippen LogP contribution in [0.3, 0.4) is 0 Å². The van der Waals surface area contributed by atoms with Gasteiger partial charge in [-0.1, -0.05) is 36.4 Å². The van der Waals surface area contributed by atoms with Crippen LogP contribution >= 0.6 is 0 Å². The molecule has 0 spiro atoms. The van der Waals surface area contributed by atoms with Crippen molar-refractivity contribution in [1.29, 1.82) is 0 Å². The normalized spacial score (nSPS) is 16.9. The fraction of sp³-hybridized carbons (Fsp3) is 0.333. The summed E-state index contributed by atoms with van der Waals surface area (Å²) in [4.78, 5) is 17.4. The van der Waals surface area contributed by atoms with Crippen LogP contribution in [0.15, 0.2) is 48.7 Å². The molecule has 0 bridgehead atoms. The Labute approximate surface area is 153 Å². The number of aryl methyl sites for hydroxylation is 1. The molecule has 5 heteroatoms. The predicted molar refractivity (Wildman–Crippen MR) is 102 cm³/mol. The number of hydrogen-bond acceptors (Lipinski definition) is 3. The molecule has 1 aliphatic heterocycles. The molecule has 26 heavy (non-hydrogen) atoms. The number of benzene rings is 1. The van der Waals surface area contributed by atoms with Crippen molar-refractivity contribution >= 4 is 17.4 Å². The Morgan fingerprint density at radius 2 is 2.12 bits per heavy atom. The van der Waals surface area contributed by atoms with Crippen LogP contribution in [0.25, 0.3) is 16.9 Å². The molecule has 1 saturated heterocycles. The van der Waals surface area contributed by atoms with Crippen molar-refractivity contribution in [2.75, 3.05) is 11.9 Å². The highest BCUT2D eigenvalue weighted by Crippen LogP contribution is 2.30. The number of carbonyl (C=O) groups excluding carboxylic acids is 1. The van der Waals surface area contributed by atoms with E-state index in [0.29, 0.717) is 6.42 Å². The van der Waals surface area contributed by atoms with Gasteiger partial charge in [0, 0.05) is 24.8 Å². The average molecular weight is 349 g/mol. The molecule has 0 aliphatic carbocycles. The van der Waals surface area contributed by atoms with Gasteiger partial charge in [0.2, 0.25) is 5.91 Å². The quantitative estimate of drug-likeness (QED) is 0.751. The Balaban J connectivity index is 1.64. The molecule has 4 rings (SSSR count). The van der Waals surface area contributed by atoms with Crippen molar-refractivity contribution in [2.24, 2.45) is 0 Å². The van der Waals surface area contributed by atoms with Crippen LogP contribution in [0.2, 0.25) is 0 Å². The molecule has 0 saturated carbocycles. The first-order valence-electron chi connectivity index (χ1n) is 9.17. The monoisotopic (exact) mass is 349 g/mol. The molecule has 1 fully saturated rings. The van der Waals surface area contributed by atoms with E-state index >= 15 is 0 Å². The Bertz CT molecular complexity index is 912. The lowest BCUT2D eigenvalue weighted by Gasteiger charge is -2.10. The molecule has 3 aromatic rings. The van der Waals surface area contributed by atoms with Gasteiger partial charge in [-0.2, -0.15) is 0 Å². The summed E-state index contributed by atoms with van der Waals surface area (Å²) in [6.07, 6.45) is 5.53. The van der Waals surface area contributed by atoms with Crippen molar-refractivity contribution in [3.8, 4) is 11.3 Å². The minimum absolute atomic E-state index is 0.000914. The Morgan fingerprint density at radius 1 is 1.27 bits per heavy atom. The first kappa shape index (κ1) is 16.8. The topological polar surface area (TPSA) is 55.6 Å². The number of ether oxygens (including phenoxy) is 1. The number of imidazole rings is 1. The molecule has 1 N–H and O–H groups in total. The summed E-state index contributed by atoms with van der Waals surface area (Å²) in [7, 11) is 0. The average Bonchev–Trinajstić information content (AvgIpc) is 3.30. The molecule has 1 aliphatic rings. The number of nitrogens with zero attached hydrogens (tertiary/aromatic N) is 2. The highest BCUT2D eigenvalue weighted by atomic mass is 16.5. The van der Waals surface area contributed by atoms with Crippen molar-refractivity contribution in [1.82, 2.24) is 9.38 Å². The van der Waals surface area contributed by atoms with Crippen LogP contribution < -0.4 is 5.32 Å². The second kappa shape index (κ2) is 7.30. The van der Waals surface area contributed by atoms with Crippen LogP contribution in [0.4, 0.5) is 5.82 Å². The van der Waals surface area contributed by atoms with Crippen LogP contribution in [0, 0.1) is 6.92 Å². The number of amides is 1. The molecular weight excluding hydrogens is 326 g/mol. The fourth-order valence-electron chi connectivity index (χ4n) is 3.48. The SMILES string of the molecule is Cc1cccn2c(NC(=O)CC[C@H]3CCCO3)c(-c3ccccc3)nc12. The smallest absolute Gasteiger partial charge is 0.225 e. The third-order valence-corrected chi connectivity index (χ3v) is 4.87. The summed E-state index contributed by atoms with van der Waals surface area (Å²) < 4.78 is 7.58. The van der Waals surface area contributed by atoms with Crippen molar-refractivity contribution in [3.63, 3.8) is 0 Å². The molecule has 2 aromatic heterocycles. The minimum Gasteiger partial charge on any atom is -0.378 e. The fourth-order valence-corrected chi connectivity index (χ4v) is 3.48. The van der Waals surface area contributed by atoms with E-state index in [2.05, 4.69) is 5.32 Å². The summed E-state index contributed by atoms with van der Waals surface area (Å²) >= 11 is 0. The third kappa shape index (κ3) is 3.35. The van der Waals surface area contributed by atoms with Gasteiger partial charge in [0.25, 0.3) is 0 Å². The van der Waals surface area contributed by atoms with E-state index in [4.69, 9.17) is 9.72 Å². The summed E-state index contributed by atoms with van der Waals surface area (Å²) in [5.41, 5.74) is 3.72. The van der Waals surface area contributed by atoms with Crippen LogP contribution in [0.5, 0.6) is 0 Å². The van der Waals surface area contributed by atoms with Crippen molar-refractivity contribution in [2.45, 2.75) is 38.7 Å². The number of hydrogen-bond donors (Lipinski definition) is 1. The second-order valence-electron chi connectivity index (χ2n) is 6.78. The van der Waals surface area contributed by atoms with Gasteiger partial charge in [0.05, 0.1) is 6.10 Å². The zero-order valence-corrected chi connectivity index (χ0v) is 14.9. The lowest BCUT2D eigenvalue weighted by atomic mass is 10.1. The number of fused-ring (bicyclic) bond motifs is 1. The number of nitrogens with one attached hydrogen (secondary N) is 1. The van der Waals surface area contributed by atoms with Gasteiger partial charge in [0.15, 0.2) is 0 Å². The molecule has 1 amide bonds. The third-order valence-electron chi connectivity index (χ3n) is 4.87. The summed E-state index contributed by atoms with van der Waals surface area (Å²) in [6.45, 7) is 2.84. The maximum absolute atomic E-state index is 12.6. The molecule has 0 unspecified atom stereocenters. The molecule has 134 valence electrons. The predicted octanol–water partition coefficient (Wildman–Crippen LogP) is 4.21. The number of aromatic nitrogens is 2. The Morgan fingerprint density at radius 3 is 2.88 bits per heavy atom. The van der Waals surface area contributed by atoms with E-state index in [1.54, 1.807) is 0 Å². The number of anilines is 1. The minimum atomic E-state index is 0.000914. The van der Waals surface area contributed by atoms with E-state index < -0.39 is 0 Å². The van der Waals surface area contributed by atoms with E-state index in [1.165, 1.54) is 0 Å². The number of rotatable bonds is 5. The van der Waals surface area contributed by atoms with Gasteiger partial charge in [-0.25, -0.2) is 4.98 Å². The van der Waals surface area contributed by atoms with Gasteiger partial charge in [-0.05, 0) is 37.8 Å². The van der Waals surface area contributed by atoms with Gasteiger partial charge in [-0.15, -0.1) is 0 Å². The van der Waals surface area contributed by atoms with E-state index in [9.17, 15) is 4.79 Å². The van der Waals surface area contributed by atoms with Crippen LogP contribution in [-0.4, -0.2) is 28.0 Å². The van der Waals surface area contributed by atoms with Gasteiger partial charge < -0.3 is 10.1 Å². The van der Waals surface area contributed by atoms with E-state index in [0.717, 1.165) is 54.2 Å². The zero-order chi connectivity index (χ0) is 17.9. The van der Waals surface area contributed by atoms with Gasteiger partial charge in [-0.3, -0.25) is 9.20 Å².